The van der Waals surface area contributed by atoms with Crippen LogP contribution in [0, 0.1) is 0 Å². The maximum Gasteiger partial charge on any atom is 0.0475 e. The molecule has 0 spiro atoms. The summed E-state index contributed by atoms with van der Waals surface area (Å²) in [6, 6.07) is 9.29. The largest absolute Gasteiger partial charge is 0.381 e. The number of rotatable bonds is 6. The van der Waals surface area contributed by atoms with Gasteiger partial charge >= 0.3 is 0 Å². The van der Waals surface area contributed by atoms with Crippen LogP contribution in [0.2, 0.25) is 0 Å². The van der Waals surface area contributed by atoms with Crippen molar-refractivity contribution in [3.05, 3.63) is 35.4 Å². The number of ether oxygens (including phenoxy) is 1. The molecule has 0 bridgehead atoms. The third-order valence-corrected chi connectivity index (χ3v) is 4.53. The van der Waals surface area contributed by atoms with Gasteiger partial charge in [0.1, 0.15) is 0 Å². The number of benzene rings is 1. The van der Waals surface area contributed by atoms with Crippen LogP contribution in [-0.4, -0.2) is 26.3 Å². The monoisotopic (exact) mass is 275 g/mol. The van der Waals surface area contributed by atoms with E-state index in [0.717, 1.165) is 39.1 Å². The van der Waals surface area contributed by atoms with Crippen molar-refractivity contribution < 1.29 is 4.74 Å². The molecule has 1 aliphatic rings. The van der Waals surface area contributed by atoms with Crippen LogP contribution in [-0.2, 0) is 10.2 Å². The Morgan fingerprint density at radius 3 is 2.35 bits per heavy atom. The van der Waals surface area contributed by atoms with E-state index in [-0.39, 0.29) is 5.41 Å². The van der Waals surface area contributed by atoms with Gasteiger partial charge in [-0.25, -0.2) is 0 Å². The number of hydrogen-bond acceptors (Lipinski definition) is 2. The summed E-state index contributed by atoms with van der Waals surface area (Å²) >= 11 is 0. The van der Waals surface area contributed by atoms with Crippen LogP contribution in [0.5, 0.6) is 0 Å². The molecular formula is C18H29NO. The molecule has 2 nitrogen and oxygen atoms in total. The molecule has 1 aromatic rings. The molecule has 1 aromatic carbocycles. The molecule has 1 N–H and O–H groups in total. The van der Waals surface area contributed by atoms with Crippen LogP contribution in [0.3, 0.4) is 0 Å². The van der Waals surface area contributed by atoms with E-state index in [1.807, 2.05) is 0 Å². The molecule has 1 heterocycles. The second kappa shape index (κ2) is 7.24. The number of nitrogens with one attached hydrogen (secondary N) is 1. The maximum absolute atomic E-state index is 5.59. The molecule has 0 radical (unpaired) electrons. The molecule has 0 aliphatic carbocycles. The molecule has 0 saturated carbocycles. The lowest BCUT2D eigenvalue weighted by molar-refractivity contribution is 0.0499. The summed E-state index contributed by atoms with van der Waals surface area (Å²) in [6.45, 7) is 10.7. The minimum Gasteiger partial charge on any atom is -0.381 e. The first kappa shape index (κ1) is 15.5. The predicted octanol–water partition coefficient (Wildman–Crippen LogP) is 3.86. The summed E-state index contributed by atoms with van der Waals surface area (Å²) in [6.07, 6.45) is 3.45. The quantitative estimate of drug-likeness (QED) is 0.796. The van der Waals surface area contributed by atoms with Gasteiger partial charge in [0.25, 0.3) is 0 Å². The highest BCUT2D eigenvalue weighted by molar-refractivity contribution is 5.31. The van der Waals surface area contributed by atoms with Gasteiger partial charge in [-0.2, -0.15) is 0 Å². The van der Waals surface area contributed by atoms with E-state index in [4.69, 9.17) is 4.74 Å². The summed E-state index contributed by atoms with van der Waals surface area (Å²) in [5, 5.41) is 3.63. The fourth-order valence-corrected chi connectivity index (χ4v) is 3.06. The van der Waals surface area contributed by atoms with Crippen LogP contribution >= 0.6 is 0 Å². The minimum absolute atomic E-state index is 0.267. The van der Waals surface area contributed by atoms with Crippen molar-refractivity contribution in [2.45, 2.75) is 51.4 Å². The summed E-state index contributed by atoms with van der Waals surface area (Å²) < 4.78 is 5.59. The van der Waals surface area contributed by atoms with E-state index in [1.54, 1.807) is 0 Å². The first-order chi connectivity index (χ1) is 9.68. The fraction of sp³-hybridized carbons (Fsp3) is 0.667. The fourth-order valence-electron chi connectivity index (χ4n) is 3.06. The zero-order chi connectivity index (χ0) is 14.4. The summed E-state index contributed by atoms with van der Waals surface area (Å²) in [4.78, 5) is 0. The first-order valence-corrected chi connectivity index (χ1v) is 8.07. The van der Waals surface area contributed by atoms with Gasteiger partial charge in [-0.05, 0) is 42.9 Å². The van der Waals surface area contributed by atoms with Gasteiger partial charge in [-0.15, -0.1) is 0 Å². The van der Waals surface area contributed by atoms with Crippen LogP contribution in [0.4, 0.5) is 0 Å². The molecule has 0 amide bonds. The van der Waals surface area contributed by atoms with Crippen LogP contribution in [0.15, 0.2) is 24.3 Å². The molecule has 0 aromatic heterocycles. The van der Waals surface area contributed by atoms with Gasteiger partial charge in [0.05, 0.1) is 0 Å². The third-order valence-electron chi connectivity index (χ3n) is 4.53. The van der Waals surface area contributed by atoms with Crippen molar-refractivity contribution in [1.29, 1.82) is 0 Å². The van der Waals surface area contributed by atoms with Crippen molar-refractivity contribution in [2.24, 2.45) is 0 Å². The van der Waals surface area contributed by atoms with Crippen molar-refractivity contribution in [3.8, 4) is 0 Å². The Hall–Kier alpha value is -0.860. The Kier molecular flexibility index (Phi) is 5.62. The molecule has 1 fully saturated rings. The Bertz CT molecular complexity index is 390. The average molecular weight is 275 g/mol. The van der Waals surface area contributed by atoms with E-state index >= 15 is 0 Å². The second-order valence-corrected chi connectivity index (χ2v) is 6.35. The molecule has 2 heteroatoms. The van der Waals surface area contributed by atoms with E-state index in [2.05, 4.69) is 50.4 Å². The Morgan fingerprint density at radius 2 is 1.80 bits per heavy atom. The van der Waals surface area contributed by atoms with Crippen LogP contribution in [0.1, 0.15) is 57.1 Å². The van der Waals surface area contributed by atoms with Crippen molar-refractivity contribution in [1.82, 2.24) is 5.32 Å². The standard InChI is InChI=1S/C18H29NO/c1-4-11-19-14-18(9-12-20-13-10-18)17-7-5-16(6-8-17)15(2)3/h5-8,15,19H,4,9-14H2,1-3H3. The highest BCUT2D eigenvalue weighted by atomic mass is 16.5. The molecule has 1 saturated heterocycles. The Morgan fingerprint density at radius 1 is 1.15 bits per heavy atom. The normalized spacial score (nSPS) is 18.4. The zero-order valence-electron chi connectivity index (χ0n) is 13.2. The van der Waals surface area contributed by atoms with E-state index in [1.165, 1.54) is 17.5 Å². The molecule has 1 aliphatic heterocycles. The van der Waals surface area contributed by atoms with Crippen molar-refractivity contribution >= 4 is 0 Å². The van der Waals surface area contributed by atoms with Crippen LogP contribution < -0.4 is 5.32 Å². The lowest BCUT2D eigenvalue weighted by Gasteiger charge is -2.38. The van der Waals surface area contributed by atoms with Gasteiger partial charge < -0.3 is 10.1 Å². The summed E-state index contributed by atoms with van der Waals surface area (Å²) in [7, 11) is 0. The van der Waals surface area contributed by atoms with Crippen molar-refractivity contribution in [3.63, 3.8) is 0 Å². The average Bonchev–Trinajstić information content (AvgIpc) is 2.48. The highest BCUT2D eigenvalue weighted by Crippen LogP contribution is 2.35. The Labute approximate surface area is 123 Å². The van der Waals surface area contributed by atoms with E-state index in [0.29, 0.717) is 5.92 Å². The van der Waals surface area contributed by atoms with Gasteiger partial charge in [0.15, 0.2) is 0 Å². The van der Waals surface area contributed by atoms with Crippen LogP contribution in [0.25, 0.3) is 0 Å². The lowest BCUT2D eigenvalue weighted by Crippen LogP contribution is -2.43. The number of hydrogen-bond donors (Lipinski definition) is 1. The SMILES string of the molecule is CCCNCC1(c2ccc(C(C)C)cc2)CCOCC1. The summed E-state index contributed by atoms with van der Waals surface area (Å²) in [5.74, 6) is 0.605. The van der Waals surface area contributed by atoms with Gasteiger partial charge in [0, 0.05) is 25.2 Å². The van der Waals surface area contributed by atoms with Gasteiger partial charge in [-0.3, -0.25) is 0 Å². The van der Waals surface area contributed by atoms with Crippen molar-refractivity contribution in [2.75, 3.05) is 26.3 Å². The highest BCUT2D eigenvalue weighted by Gasteiger charge is 2.33. The second-order valence-electron chi connectivity index (χ2n) is 6.35. The molecular weight excluding hydrogens is 246 g/mol. The Balaban J connectivity index is 2.16. The third kappa shape index (κ3) is 3.62. The molecule has 112 valence electrons. The van der Waals surface area contributed by atoms with E-state index < -0.39 is 0 Å². The van der Waals surface area contributed by atoms with Gasteiger partial charge in [0.2, 0.25) is 0 Å². The molecule has 2 rings (SSSR count). The predicted molar refractivity (Wildman–Crippen MR) is 85.4 cm³/mol. The van der Waals surface area contributed by atoms with E-state index in [9.17, 15) is 0 Å². The summed E-state index contributed by atoms with van der Waals surface area (Å²) in [5.41, 5.74) is 3.18. The topological polar surface area (TPSA) is 21.3 Å². The molecule has 0 unspecified atom stereocenters. The smallest absolute Gasteiger partial charge is 0.0475 e. The molecule has 0 atom stereocenters. The van der Waals surface area contributed by atoms with Gasteiger partial charge in [-0.1, -0.05) is 45.0 Å². The minimum atomic E-state index is 0.267. The maximum atomic E-state index is 5.59. The lowest BCUT2D eigenvalue weighted by atomic mass is 9.73. The molecule has 20 heavy (non-hydrogen) atoms. The zero-order valence-corrected chi connectivity index (χ0v) is 13.2. The first-order valence-electron chi connectivity index (χ1n) is 8.07.